The summed E-state index contributed by atoms with van der Waals surface area (Å²) in [5.74, 6) is 3.28. The first-order chi connectivity index (χ1) is 23.4. The molecule has 6 aromatic carbocycles. The summed E-state index contributed by atoms with van der Waals surface area (Å²) in [6.07, 6.45) is 5.74. The Morgan fingerprint density at radius 2 is 0.875 bits per heavy atom. The lowest BCUT2D eigenvalue weighted by atomic mass is 9.64. The van der Waals surface area contributed by atoms with Crippen molar-refractivity contribution in [1.29, 1.82) is 0 Å². The number of nitrogens with two attached hydrogens (primary N) is 2. The molecule has 1 aliphatic carbocycles. The largest absolute Gasteiger partial charge is 0.456 e. The maximum atomic E-state index is 6.63. The molecule has 6 aromatic rings. The number of hydrogen-bond donors (Lipinski definition) is 2. The highest BCUT2D eigenvalue weighted by molar-refractivity contribution is 5.77. The van der Waals surface area contributed by atoms with Crippen molar-refractivity contribution in [2.24, 2.45) is 0 Å². The summed E-state index contributed by atoms with van der Waals surface area (Å²) in [6.45, 7) is 4.34. The Hall–Kier alpha value is -5.48. The molecular formula is C44H42N2O2. The van der Waals surface area contributed by atoms with Gasteiger partial charge in [0.2, 0.25) is 0 Å². The number of ether oxygens (including phenoxy) is 2. The molecule has 0 unspecified atom stereocenters. The minimum absolute atomic E-state index is 0.166. The van der Waals surface area contributed by atoms with Gasteiger partial charge in [0.25, 0.3) is 0 Å². The summed E-state index contributed by atoms with van der Waals surface area (Å²) in [5.41, 5.74) is 22.6. The molecule has 1 saturated carbocycles. The number of anilines is 2. The maximum absolute atomic E-state index is 6.63. The Balaban J connectivity index is 1.40. The van der Waals surface area contributed by atoms with Crippen LogP contribution in [0.4, 0.5) is 11.4 Å². The molecule has 0 spiro atoms. The second kappa shape index (κ2) is 13.3. The number of benzene rings is 6. The van der Waals surface area contributed by atoms with E-state index >= 15 is 0 Å². The van der Waals surface area contributed by atoms with Crippen LogP contribution in [0.25, 0.3) is 22.3 Å². The minimum atomic E-state index is -0.166. The molecule has 0 aromatic heterocycles. The van der Waals surface area contributed by atoms with Crippen molar-refractivity contribution in [2.75, 3.05) is 11.5 Å². The fourth-order valence-corrected chi connectivity index (χ4v) is 7.24. The summed E-state index contributed by atoms with van der Waals surface area (Å²) in [4.78, 5) is 0. The summed E-state index contributed by atoms with van der Waals surface area (Å²) >= 11 is 0. The van der Waals surface area contributed by atoms with Crippen molar-refractivity contribution in [3.8, 4) is 45.3 Å². The van der Waals surface area contributed by atoms with Crippen molar-refractivity contribution in [1.82, 2.24) is 0 Å². The molecule has 0 amide bonds. The molecule has 0 radical (unpaired) electrons. The van der Waals surface area contributed by atoms with Gasteiger partial charge >= 0.3 is 0 Å². The lowest BCUT2D eigenvalue weighted by Gasteiger charge is -2.40. The average Bonchev–Trinajstić information content (AvgIpc) is 3.12. The fraction of sp³-hybridized carbons (Fsp3) is 0.182. The molecule has 0 atom stereocenters. The van der Waals surface area contributed by atoms with Gasteiger partial charge in [-0.25, -0.2) is 0 Å². The minimum Gasteiger partial charge on any atom is -0.456 e. The van der Waals surface area contributed by atoms with Gasteiger partial charge in [0, 0.05) is 27.9 Å². The van der Waals surface area contributed by atoms with E-state index in [1.54, 1.807) is 0 Å². The smallest absolute Gasteiger partial charge is 0.138 e. The van der Waals surface area contributed by atoms with Crippen LogP contribution < -0.4 is 20.9 Å². The number of aryl methyl sites for hydroxylation is 2. The van der Waals surface area contributed by atoms with Gasteiger partial charge in [-0.05, 0) is 121 Å². The van der Waals surface area contributed by atoms with Crippen LogP contribution in [0.5, 0.6) is 23.0 Å². The zero-order valence-corrected chi connectivity index (χ0v) is 27.7. The Morgan fingerprint density at radius 1 is 0.479 bits per heavy atom. The fourth-order valence-electron chi connectivity index (χ4n) is 7.24. The van der Waals surface area contributed by atoms with Crippen LogP contribution in [0.2, 0.25) is 0 Å². The third-order valence-corrected chi connectivity index (χ3v) is 9.73. The molecule has 4 N–H and O–H groups in total. The lowest BCUT2D eigenvalue weighted by molar-refractivity contribution is 0.345. The van der Waals surface area contributed by atoms with E-state index in [1.807, 2.05) is 48.5 Å². The molecule has 0 aliphatic heterocycles. The van der Waals surface area contributed by atoms with Crippen LogP contribution in [0.15, 0.2) is 133 Å². The van der Waals surface area contributed by atoms with Gasteiger partial charge in [0.1, 0.15) is 23.0 Å². The van der Waals surface area contributed by atoms with Crippen LogP contribution in [-0.2, 0) is 5.41 Å². The van der Waals surface area contributed by atoms with Gasteiger partial charge in [0.15, 0.2) is 0 Å². The second-order valence-electron chi connectivity index (χ2n) is 13.1. The predicted molar refractivity (Wildman–Crippen MR) is 199 cm³/mol. The van der Waals surface area contributed by atoms with E-state index in [9.17, 15) is 0 Å². The molecule has 4 heteroatoms. The zero-order chi connectivity index (χ0) is 33.1. The molecule has 0 saturated heterocycles. The van der Waals surface area contributed by atoms with Crippen LogP contribution in [0.1, 0.15) is 54.4 Å². The summed E-state index contributed by atoms with van der Waals surface area (Å²) in [6, 6.07) is 45.9. The Bertz CT molecular complexity index is 1870. The van der Waals surface area contributed by atoms with E-state index in [4.69, 9.17) is 20.9 Å². The first kappa shape index (κ1) is 31.1. The first-order valence-electron chi connectivity index (χ1n) is 16.9. The van der Waals surface area contributed by atoms with Crippen LogP contribution in [-0.4, -0.2) is 0 Å². The molecule has 1 fully saturated rings. The highest BCUT2D eigenvalue weighted by Crippen LogP contribution is 2.51. The molecular weight excluding hydrogens is 588 g/mol. The van der Waals surface area contributed by atoms with E-state index in [-0.39, 0.29) is 5.41 Å². The molecule has 1 aliphatic rings. The topological polar surface area (TPSA) is 70.5 Å². The predicted octanol–water partition coefficient (Wildman–Crippen LogP) is 11.6. The normalized spacial score (nSPS) is 14.0. The Morgan fingerprint density at radius 3 is 1.27 bits per heavy atom. The Kier molecular flexibility index (Phi) is 8.65. The summed E-state index contributed by atoms with van der Waals surface area (Å²) < 4.78 is 13.3. The molecule has 48 heavy (non-hydrogen) atoms. The molecule has 0 heterocycles. The Labute approximate surface area is 284 Å². The van der Waals surface area contributed by atoms with Crippen LogP contribution >= 0.6 is 0 Å². The monoisotopic (exact) mass is 630 g/mol. The van der Waals surface area contributed by atoms with Gasteiger partial charge in [-0.1, -0.05) is 92.1 Å². The van der Waals surface area contributed by atoms with Gasteiger partial charge in [-0.2, -0.15) is 0 Å². The third-order valence-electron chi connectivity index (χ3n) is 9.73. The number of hydrogen-bond acceptors (Lipinski definition) is 4. The van der Waals surface area contributed by atoms with Gasteiger partial charge in [0.05, 0.1) is 0 Å². The van der Waals surface area contributed by atoms with E-state index in [1.165, 1.54) is 30.4 Å². The number of rotatable bonds is 8. The van der Waals surface area contributed by atoms with E-state index in [2.05, 4.69) is 98.8 Å². The van der Waals surface area contributed by atoms with Crippen molar-refractivity contribution < 1.29 is 9.47 Å². The summed E-state index contributed by atoms with van der Waals surface area (Å²) in [5, 5.41) is 0. The second-order valence-corrected chi connectivity index (χ2v) is 13.1. The van der Waals surface area contributed by atoms with Gasteiger partial charge in [-0.15, -0.1) is 0 Å². The van der Waals surface area contributed by atoms with Crippen LogP contribution in [0, 0.1) is 13.8 Å². The van der Waals surface area contributed by atoms with Gasteiger partial charge < -0.3 is 20.9 Å². The molecule has 7 rings (SSSR count). The average molecular weight is 631 g/mol. The SMILES string of the molecule is Cc1cc(C2(c3cc(C)c(Oc4ccc(N)cc4)c(-c4ccccc4)c3)CCCCC2)cc(-c2ccccc2)c1Oc1ccc(N)cc1. The zero-order valence-electron chi connectivity index (χ0n) is 27.7. The highest BCUT2D eigenvalue weighted by Gasteiger charge is 2.38. The van der Waals surface area contributed by atoms with Crippen molar-refractivity contribution in [3.05, 3.63) is 156 Å². The number of nitrogen functional groups attached to an aromatic ring is 2. The molecule has 0 bridgehead atoms. The lowest BCUT2D eigenvalue weighted by Crippen LogP contribution is -2.31. The third kappa shape index (κ3) is 6.26. The van der Waals surface area contributed by atoms with Crippen molar-refractivity contribution in [3.63, 3.8) is 0 Å². The highest BCUT2D eigenvalue weighted by atomic mass is 16.5. The van der Waals surface area contributed by atoms with E-state index < -0.39 is 0 Å². The van der Waals surface area contributed by atoms with Crippen LogP contribution in [0.3, 0.4) is 0 Å². The quantitative estimate of drug-likeness (QED) is 0.164. The van der Waals surface area contributed by atoms with E-state index in [0.29, 0.717) is 11.4 Å². The van der Waals surface area contributed by atoms with E-state index in [0.717, 1.165) is 69.2 Å². The maximum Gasteiger partial charge on any atom is 0.138 e. The summed E-state index contributed by atoms with van der Waals surface area (Å²) in [7, 11) is 0. The standard InChI is InChI=1S/C44H42N2O2/c1-30-26-34(28-40(32-12-6-3-7-13-32)42(30)47-38-20-16-36(45)17-21-38)44(24-10-5-11-25-44)35-27-31(2)43(48-39-22-18-37(46)19-23-39)41(29-35)33-14-8-4-9-15-33/h3-4,6-9,12-23,26-29H,5,10-11,24-25,45-46H2,1-2H3. The van der Waals surface area contributed by atoms with Crippen molar-refractivity contribution >= 4 is 11.4 Å². The molecule has 4 nitrogen and oxygen atoms in total. The van der Waals surface area contributed by atoms with Crippen molar-refractivity contribution in [2.45, 2.75) is 51.4 Å². The first-order valence-corrected chi connectivity index (χ1v) is 16.9. The van der Waals surface area contributed by atoms with Gasteiger partial charge in [-0.3, -0.25) is 0 Å². The molecule has 240 valence electrons.